The average Bonchev–Trinajstić information content (AvgIpc) is 2.26. The van der Waals surface area contributed by atoms with Crippen LogP contribution in [-0.4, -0.2) is 18.6 Å². The number of esters is 1. The molecule has 1 rings (SSSR count). The van der Waals surface area contributed by atoms with Crippen LogP contribution in [0.4, 0.5) is 13.2 Å². The molecule has 0 aromatic heterocycles. The first-order chi connectivity index (χ1) is 8.43. The standard InChI is InChI=1S/C12H14F3NO2.ClH/c1-2-18-12(17)5-8(16)3-7-4-10(14)11(15)6-9(7)13;/h4,6,8H,2-3,5,16H2,1H3;1H/t8-;/m1./s1. The minimum absolute atomic E-state index is 0. The summed E-state index contributed by atoms with van der Waals surface area (Å²) in [5, 5.41) is 0. The van der Waals surface area contributed by atoms with Gasteiger partial charge in [0.05, 0.1) is 13.0 Å². The largest absolute Gasteiger partial charge is 0.466 e. The van der Waals surface area contributed by atoms with E-state index >= 15 is 0 Å². The van der Waals surface area contributed by atoms with Crippen molar-refractivity contribution < 1.29 is 22.7 Å². The van der Waals surface area contributed by atoms with E-state index in [-0.39, 0.29) is 37.4 Å². The Kier molecular flexibility index (Phi) is 7.48. The second-order valence-electron chi connectivity index (χ2n) is 3.83. The van der Waals surface area contributed by atoms with Gasteiger partial charge in [0.2, 0.25) is 0 Å². The highest BCUT2D eigenvalue weighted by atomic mass is 35.5. The van der Waals surface area contributed by atoms with E-state index in [1.807, 2.05) is 0 Å². The fraction of sp³-hybridized carbons (Fsp3) is 0.417. The number of ether oxygens (including phenoxy) is 1. The van der Waals surface area contributed by atoms with Crippen LogP contribution in [0.5, 0.6) is 0 Å². The molecule has 0 bridgehead atoms. The van der Waals surface area contributed by atoms with Crippen molar-refractivity contribution >= 4 is 18.4 Å². The highest BCUT2D eigenvalue weighted by molar-refractivity contribution is 5.85. The molecule has 108 valence electrons. The first-order valence-electron chi connectivity index (χ1n) is 5.48. The van der Waals surface area contributed by atoms with Crippen LogP contribution in [0.15, 0.2) is 12.1 Å². The van der Waals surface area contributed by atoms with E-state index < -0.39 is 29.5 Å². The summed E-state index contributed by atoms with van der Waals surface area (Å²) in [6.07, 6.45) is -0.172. The van der Waals surface area contributed by atoms with Crippen LogP contribution in [0.2, 0.25) is 0 Å². The summed E-state index contributed by atoms with van der Waals surface area (Å²) in [7, 11) is 0. The number of halogens is 4. The number of rotatable bonds is 5. The molecule has 0 heterocycles. The average molecular weight is 298 g/mol. The maximum atomic E-state index is 13.3. The molecule has 3 nitrogen and oxygen atoms in total. The first-order valence-corrected chi connectivity index (χ1v) is 5.48. The van der Waals surface area contributed by atoms with Crippen LogP contribution in [0.1, 0.15) is 18.9 Å². The van der Waals surface area contributed by atoms with Gasteiger partial charge in [0.25, 0.3) is 0 Å². The highest BCUT2D eigenvalue weighted by Crippen LogP contribution is 2.15. The van der Waals surface area contributed by atoms with Crippen LogP contribution in [0.3, 0.4) is 0 Å². The minimum atomic E-state index is -1.25. The van der Waals surface area contributed by atoms with Gasteiger partial charge >= 0.3 is 5.97 Å². The summed E-state index contributed by atoms with van der Waals surface area (Å²) in [6.45, 7) is 1.88. The lowest BCUT2D eigenvalue weighted by Gasteiger charge is -2.11. The Labute approximate surface area is 115 Å². The predicted molar refractivity (Wildman–Crippen MR) is 66.5 cm³/mol. The van der Waals surface area contributed by atoms with Gasteiger partial charge in [-0.05, 0) is 25.0 Å². The molecule has 1 aromatic carbocycles. The van der Waals surface area contributed by atoms with Crippen molar-refractivity contribution in [2.75, 3.05) is 6.61 Å². The highest BCUT2D eigenvalue weighted by Gasteiger charge is 2.15. The van der Waals surface area contributed by atoms with Gasteiger partial charge in [0, 0.05) is 12.1 Å². The number of hydrogen-bond acceptors (Lipinski definition) is 3. The Balaban J connectivity index is 0.00000324. The van der Waals surface area contributed by atoms with E-state index in [1.54, 1.807) is 6.92 Å². The zero-order valence-corrected chi connectivity index (χ0v) is 11.1. The molecule has 0 aliphatic rings. The number of carbonyl (C=O) groups is 1. The third-order valence-electron chi connectivity index (χ3n) is 2.31. The Hall–Kier alpha value is -1.27. The smallest absolute Gasteiger partial charge is 0.307 e. The van der Waals surface area contributed by atoms with Crippen LogP contribution in [0, 0.1) is 17.5 Å². The Bertz CT molecular complexity index is 443. The monoisotopic (exact) mass is 297 g/mol. The van der Waals surface area contributed by atoms with Crippen LogP contribution in [-0.2, 0) is 16.0 Å². The van der Waals surface area contributed by atoms with Crippen LogP contribution < -0.4 is 5.73 Å². The lowest BCUT2D eigenvalue weighted by molar-refractivity contribution is -0.143. The maximum Gasteiger partial charge on any atom is 0.307 e. The van der Waals surface area contributed by atoms with E-state index in [2.05, 4.69) is 4.74 Å². The predicted octanol–water partition coefficient (Wildman–Crippen LogP) is 2.35. The summed E-state index contributed by atoms with van der Waals surface area (Å²) in [6, 6.07) is 0.501. The lowest BCUT2D eigenvalue weighted by atomic mass is 10.0. The molecular weight excluding hydrogens is 283 g/mol. The summed E-state index contributed by atoms with van der Waals surface area (Å²) in [5.74, 6) is -3.79. The fourth-order valence-corrected chi connectivity index (χ4v) is 1.51. The van der Waals surface area contributed by atoms with Crippen molar-refractivity contribution in [3.8, 4) is 0 Å². The molecular formula is C12H15ClF3NO2. The number of nitrogens with two attached hydrogens (primary N) is 1. The van der Waals surface area contributed by atoms with E-state index in [1.165, 1.54) is 0 Å². The van der Waals surface area contributed by atoms with Crippen molar-refractivity contribution in [2.24, 2.45) is 5.73 Å². The molecule has 0 saturated carbocycles. The molecule has 0 fully saturated rings. The quantitative estimate of drug-likeness (QED) is 0.670. The molecule has 0 spiro atoms. The normalized spacial score (nSPS) is 11.6. The summed E-state index contributed by atoms with van der Waals surface area (Å²) in [4.78, 5) is 11.1. The second kappa shape index (κ2) is 8.01. The molecule has 19 heavy (non-hydrogen) atoms. The zero-order chi connectivity index (χ0) is 13.7. The molecule has 0 amide bonds. The molecule has 2 N–H and O–H groups in total. The third-order valence-corrected chi connectivity index (χ3v) is 2.31. The van der Waals surface area contributed by atoms with Gasteiger partial charge in [-0.15, -0.1) is 12.4 Å². The number of carbonyl (C=O) groups excluding carboxylic acids is 1. The molecule has 0 saturated heterocycles. The van der Waals surface area contributed by atoms with Gasteiger partial charge < -0.3 is 10.5 Å². The maximum absolute atomic E-state index is 13.3. The molecule has 7 heteroatoms. The van der Waals surface area contributed by atoms with E-state index in [0.29, 0.717) is 6.07 Å². The Morgan fingerprint density at radius 2 is 1.84 bits per heavy atom. The fourth-order valence-electron chi connectivity index (χ4n) is 1.51. The number of benzene rings is 1. The second-order valence-corrected chi connectivity index (χ2v) is 3.83. The third kappa shape index (κ3) is 5.48. The van der Waals surface area contributed by atoms with E-state index in [4.69, 9.17) is 5.73 Å². The molecule has 1 atom stereocenters. The molecule has 1 aromatic rings. The molecule has 0 aliphatic heterocycles. The Morgan fingerprint density at radius 3 is 2.42 bits per heavy atom. The van der Waals surface area contributed by atoms with Gasteiger partial charge in [0.1, 0.15) is 5.82 Å². The minimum Gasteiger partial charge on any atom is -0.466 e. The van der Waals surface area contributed by atoms with E-state index in [0.717, 1.165) is 6.07 Å². The first kappa shape index (κ1) is 17.7. The number of hydrogen-bond donors (Lipinski definition) is 1. The van der Waals surface area contributed by atoms with Crippen molar-refractivity contribution in [3.63, 3.8) is 0 Å². The van der Waals surface area contributed by atoms with Crippen molar-refractivity contribution in [1.29, 1.82) is 0 Å². The van der Waals surface area contributed by atoms with Gasteiger partial charge in [-0.25, -0.2) is 13.2 Å². The molecule has 0 aliphatic carbocycles. The van der Waals surface area contributed by atoms with Gasteiger partial charge in [-0.1, -0.05) is 0 Å². The van der Waals surface area contributed by atoms with Gasteiger partial charge in [-0.3, -0.25) is 4.79 Å². The molecule has 0 unspecified atom stereocenters. The Morgan fingerprint density at radius 1 is 1.26 bits per heavy atom. The summed E-state index contributed by atoms with van der Waals surface area (Å²) >= 11 is 0. The van der Waals surface area contributed by atoms with Gasteiger partial charge in [-0.2, -0.15) is 0 Å². The zero-order valence-electron chi connectivity index (χ0n) is 10.3. The summed E-state index contributed by atoms with van der Waals surface area (Å²) in [5.41, 5.74) is 5.55. The van der Waals surface area contributed by atoms with Crippen molar-refractivity contribution in [3.05, 3.63) is 35.1 Å². The van der Waals surface area contributed by atoms with Gasteiger partial charge in [0.15, 0.2) is 11.6 Å². The SMILES string of the molecule is CCOC(=O)C[C@H](N)Cc1cc(F)c(F)cc1F.Cl. The van der Waals surface area contributed by atoms with Crippen molar-refractivity contribution in [1.82, 2.24) is 0 Å². The van der Waals surface area contributed by atoms with Crippen LogP contribution >= 0.6 is 12.4 Å². The molecule has 0 radical (unpaired) electrons. The van der Waals surface area contributed by atoms with E-state index in [9.17, 15) is 18.0 Å². The lowest BCUT2D eigenvalue weighted by Crippen LogP contribution is -2.27. The van der Waals surface area contributed by atoms with Crippen LogP contribution in [0.25, 0.3) is 0 Å². The topological polar surface area (TPSA) is 52.3 Å². The van der Waals surface area contributed by atoms with Crippen molar-refractivity contribution in [2.45, 2.75) is 25.8 Å². The summed E-state index contributed by atoms with van der Waals surface area (Å²) < 4.78 is 43.6.